The summed E-state index contributed by atoms with van der Waals surface area (Å²) in [5.41, 5.74) is 1.14. The summed E-state index contributed by atoms with van der Waals surface area (Å²) >= 11 is 0. The lowest BCUT2D eigenvalue weighted by atomic mass is 9.74. The minimum Gasteiger partial charge on any atom is -0.349 e. The predicted octanol–water partition coefficient (Wildman–Crippen LogP) is 4.67. The zero-order valence-corrected chi connectivity index (χ0v) is 20.3. The van der Waals surface area contributed by atoms with E-state index in [0.717, 1.165) is 43.6 Å². The molecule has 3 aliphatic rings. The maximum absolute atomic E-state index is 10.5. The van der Waals surface area contributed by atoms with Crippen molar-refractivity contribution in [2.75, 3.05) is 26.3 Å². The molecule has 1 spiro atoms. The zero-order chi connectivity index (χ0) is 22.7. The van der Waals surface area contributed by atoms with E-state index in [2.05, 4.69) is 25.7 Å². The molecule has 2 heterocycles. The largest absolute Gasteiger partial charge is 0.349 e. The zero-order valence-electron chi connectivity index (χ0n) is 19.5. The second-order valence-corrected chi connectivity index (χ2v) is 11.6. The number of likely N-dealkylation sites (tertiary alicyclic amines) is 1. The molecule has 1 saturated carbocycles. The molecule has 1 N–H and O–H groups in total. The van der Waals surface area contributed by atoms with Gasteiger partial charge < -0.3 is 14.4 Å². The van der Waals surface area contributed by atoms with Crippen molar-refractivity contribution >= 4 is 10.1 Å². The van der Waals surface area contributed by atoms with Crippen molar-refractivity contribution in [3.63, 3.8) is 0 Å². The first kappa shape index (κ1) is 24.6. The van der Waals surface area contributed by atoms with Gasteiger partial charge in [-0.15, -0.1) is 0 Å². The standard InChI is InChI=1S/C17H31NO2.C7H8O3S/c1-4-9-18-10-5-6-14-11-17(8-7-15(14)18)19-12-16(2,3)13-20-17;1-6-2-4-7(5-3-6)11(8,9)10/h14-15H,4-13H2,1-3H3;2-5H,1H3,(H,8,9,10). The molecule has 1 aliphatic carbocycles. The SMILES string of the molecule is CCCN1CCCC2CC3(CCC21)OCC(C)(C)CO3.Cc1ccc(S(=O)(=O)O)cc1. The van der Waals surface area contributed by atoms with Crippen LogP contribution in [0.25, 0.3) is 0 Å². The second-order valence-electron chi connectivity index (χ2n) is 10.2. The van der Waals surface area contributed by atoms with Gasteiger partial charge in [-0.3, -0.25) is 4.55 Å². The number of piperidine rings is 1. The molecule has 0 bridgehead atoms. The highest BCUT2D eigenvalue weighted by Gasteiger charge is 2.48. The van der Waals surface area contributed by atoms with Crippen LogP contribution >= 0.6 is 0 Å². The van der Waals surface area contributed by atoms with E-state index in [1.165, 1.54) is 50.9 Å². The Morgan fingerprint density at radius 1 is 1.13 bits per heavy atom. The Morgan fingerprint density at radius 3 is 2.35 bits per heavy atom. The van der Waals surface area contributed by atoms with Crippen LogP contribution in [0.15, 0.2) is 29.2 Å². The van der Waals surface area contributed by atoms with Crippen LogP contribution in [0.3, 0.4) is 0 Å². The monoisotopic (exact) mass is 453 g/mol. The van der Waals surface area contributed by atoms with Gasteiger partial charge in [0.2, 0.25) is 0 Å². The molecule has 1 aromatic rings. The Kier molecular flexibility index (Phi) is 7.85. The summed E-state index contributed by atoms with van der Waals surface area (Å²) in [4.78, 5) is 2.66. The number of nitrogens with zero attached hydrogens (tertiary/aromatic N) is 1. The van der Waals surface area contributed by atoms with Crippen LogP contribution in [0.5, 0.6) is 0 Å². The van der Waals surface area contributed by atoms with Crippen molar-refractivity contribution in [3.8, 4) is 0 Å². The average Bonchev–Trinajstić information content (AvgIpc) is 2.71. The molecule has 1 aromatic carbocycles. The van der Waals surface area contributed by atoms with Crippen LogP contribution in [0, 0.1) is 18.3 Å². The predicted molar refractivity (Wildman–Crippen MR) is 122 cm³/mol. The molecular weight excluding hydrogens is 414 g/mol. The lowest BCUT2D eigenvalue weighted by Gasteiger charge is -2.53. The number of hydrogen-bond acceptors (Lipinski definition) is 5. The third kappa shape index (κ3) is 6.51. The molecule has 2 aliphatic heterocycles. The van der Waals surface area contributed by atoms with Crippen molar-refractivity contribution in [2.45, 2.75) is 82.9 Å². The Hall–Kier alpha value is -0.990. The molecule has 2 unspecified atom stereocenters. The van der Waals surface area contributed by atoms with Crippen LogP contribution < -0.4 is 0 Å². The van der Waals surface area contributed by atoms with Crippen LogP contribution in [0.2, 0.25) is 0 Å². The molecule has 176 valence electrons. The third-order valence-electron chi connectivity index (χ3n) is 6.71. The molecule has 31 heavy (non-hydrogen) atoms. The lowest BCUT2D eigenvalue weighted by Crippen LogP contribution is -2.56. The van der Waals surface area contributed by atoms with Crippen molar-refractivity contribution in [3.05, 3.63) is 29.8 Å². The summed E-state index contributed by atoms with van der Waals surface area (Å²) in [7, 11) is -4.02. The minimum atomic E-state index is -4.02. The Labute approximate surface area is 188 Å². The fourth-order valence-corrected chi connectivity index (χ4v) is 5.49. The van der Waals surface area contributed by atoms with Gasteiger partial charge in [0.1, 0.15) is 0 Å². The number of aryl methyl sites for hydroxylation is 1. The normalized spacial score (nSPS) is 27.8. The van der Waals surface area contributed by atoms with Crippen LogP contribution in [-0.4, -0.2) is 56.0 Å². The molecule has 0 radical (unpaired) electrons. The summed E-state index contributed by atoms with van der Waals surface area (Å²) in [6.07, 6.45) is 7.45. The van der Waals surface area contributed by atoms with Gasteiger partial charge in [-0.25, -0.2) is 0 Å². The maximum Gasteiger partial charge on any atom is 0.294 e. The fraction of sp³-hybridized carbons (Fsp3) is 0.750. The number of fused-ring (bicyclic) bond motifs is 1. The average molecular weight is 454 g/mol. The molecule has 3 fully saturated rings. The number of ether oxygens (including phenoxy) is 2. The molecule has 7 heteroatoms. The summed E-state index contributed by atoms with van der Waals surface area (Å²) < 4.78 is 42.0. The van der Waals surface area contributed by atoms with Crippen LogP contribution in [0.1, 0.15) is 64.9 Å². The van der Waals surface area contributed by atoms with E-state index >= 15 is 0 Å². The van der Waals surface area contributed by atoms with E-state index in [1.807, 2.05) is 6.92 Å². The van der Waals surface area contributed by atoms with Crippen molar-refractivity contribution in [2.24, 2.45) is 11.3 Å². The Balaban J connectivity index is 0.000000210. The summed E-state index contributed by atoms with van der Waals surface area (Å²) in [5.74, 6) is 0.539. The molecule has 6 nitrogen and oxygen atoms in total. The smallest absolute Gasteiger partial charge is 0.294 e. The Morgan fingerprint density at radius 2 is 1.77 bits per heavy atom. The molecule has 4 rings (SSSR count). The molecule has 0 amide bonds. The first-order valence-electron chi connectivity index (χ1n) is 11.6. The van der Waals surface area contributed by atoms with E-state index in [4.69, 9.17) is 14.0 Å². The summed E-state index contributed by atoms with van der Waals surface area (Å²) in [6, 6.07) is 6.78. The van der Waals surface area contributed by atoms with Gasteiger partial charge in [0, 0.05) is 24.3 Å². The lowest BCUT2D eigenvalue weighted by molar-refractivity contribution is -0.320. The van der Waals surface area contributed by atoms with Gasteiger partial charge in [-0.2, -0.15) is 8.42 Å². The van der Waals surface area contributed by atoms with E-state index in [0.29, 0.717) is 0 Å². The van der Waals surface area contributed by atoms with E-state index < -0.39 is 10.1 Å². The molecule has 2 atom stereocenters. The Bertz CT molecular complexity index is 809. The topological polar surface area (TPSA) is 76.1 Å². The van der Waals surface area contributed by atoms with Gasteiger partial charge >= 0.3 is 0 Å². The highest BCUT2D eigenvalue weighted by molar-refractivity contribution is 7.85. The first-order chi connectivity index (χ1) is 14.5. The first-order valence-corrected chi connectivity index (χ1v) is 13.0. The number of hydrogen-bond donors (Lipinski definition) is 1. The quantitative estimate of drug-likeness (QED) is 0.670. The third-order valence-corrected chi connectivity index (χ3v) is 7.58. The van der Waals surface area contributed by atoms with E-state index in [1.54, 1.807) is 12.1 Å². The van der Waals surface area contributed by atoms with Crippen molar-refractivity contribution in [1.29, 1.82) is 0 Å². The van der Waals surface area contributed by atoms with Crippen LogP contribution in [0.4, 0.5) is 0 Å². The maximum atomic E-state index is 10.5. The van der Waals surface area contributed by atoms with Crippen molar-refractivity contribution in [1.82, 2.24) is 4.90 Å². The summed E-state index contributed by atoms with van der Waals surface area (Å²) in [6.45, 7) is 12.9. The van der Waals surface area contributed by atoms with Crippen LogP contribution in [-0.2, 0) is 19.6 Å². The van der Waals surface area contributed by atoms with Gasteiger partial charge in [-0.1, -0.05) is 38.5 Å². The van der Waals surface area contributed by atoms with Crippen molar-refractivity contribution < 1.29 is 22.4 Å². The number of rotatable bonds is 3. The molecule has 2 saturated heterocycles. The highest BCUT2D eigenvalue weighted by atomic mass is 32.2. The summed E-state index contributed by atoms with van der Waals surface area (Å²) in [5, 5.41) is 0. The molecule has 0 aromatic heterocycles. The molecular formula is C24H39NO5S. The fourth-order valence-electron chi connectivity index (χ4n) is 5.01. The van der Waals surface area contributed by atoms with E-state index in [9.17, 15) is 8.42 Å². The van der Waals surface area contributed by atoms with Gasteiger partial charge in [-0.05, 0) is 63.7 Å². The van der Waals surface area contributed by atoms with E-state index in [-0.39, 0.29) is 16.1 Å². The van der Waals surface area contributed by atoms with Gasteiger partial charge in [0.05, 0.1) is 18.1 Å². The number of benzene rings is 1. The minimum absolute atomic E-state index is 0.0666. The second kappa shape index (κ2) is 9.87. The van der Waals surface area contributed by atoms with Gasteiger partial charge in [0.25, 0.3) is 10.1 Å². The van der Waals surface area contributed by atoms with Gasteiger partial charge in [0.15, 0.2) is 5.79 Å². The highest BCUT2D eigenvalue weighted by Crippen LogP contribution is 2.45.